The minimum atomic E-state index is -0.218. The van der Waals surface area contributed by atoms with Crippen LogP contribution in [0.15, 0.2) is 24.3 Å². The summed E-state index contributed by atoms with van der Waals surface area (Å²) in [6, 6.07) is 7.80. The predicted molar refractivity (Wildman–Crippen MR) is 91.9 cm³/mol. The lowest BCUT2D eigenvalue weighted by molar-refractivity contribution is -0.142. The molecule has 2 saturated heterocycles. The molecule has 0 spiro atoms. The van der Waals surface area contributed by atoms with Crippen LogP contribution in [0.4, 0.5) is 4.39 Å². The first-order valence-electron chi connectivity index (χ1n) is 9.48. The second kappa shape index (κ2) is 6.83. The number of carbonyl (C=O) groups is 1. The molecule has 0 radical (unpaired) electrons. The van der Waals surface area contributed by atoms with Gasteiger partial charge in [-0.1, -0.05) is 25.0 Å². The Bertz CT molecular complexity index is 599. The Hall–Kier alpha value is -1.42. The molecule has 0 N–H and O–H groups in total. The van der Waals surface area contributed by atoms with Gasteiger partial charge < -0.3 is 4.90 Å². The monoisotopic (exact) mass is 330 g/mol. The molecule has 2 atom stereocenters. The third kappa shape index (κ3) is 3.21. The number of piperidine rings is 2. The van der Waals surface area contributed by atoms with Crippen molar-refractivity contribution in [1.29, 1.82) is 0 Å². The smallest absolute Gasteiger partial charge is 0.223 e. The van der Waals surface area contributed by atoms with Crippen molar-refractivity contribution in [2.75, 3.05) is 13.1 Å². The van der Waals surface area contributed by atoms with E-state index in [0.29, 0.717) is 24.9 Å². The zero-order chi connectivity index (χ0) is 16.5. The van der Waals surface area contributed by atoms with Crippen LogP contribution in [-0.2, 0) is 11.3 Å². The Kier molecular flexibility index (Phi) is 4.57. The number of halogens is 1. The second-order valence-electron chi connectivity index (χ2n) is 7.74. The van der Waals surface area contributed by atoms with E-state index in [0.717, 1.165) is 37.5 Å². The van der Waals surface area contributed by atoms with Crippen molar-refractivity contribution in [3.63, 3.8) is 0 Å². The van der Waals surface area contributed by atoms with Gasteiger partial charge in [0.15, 0.2) is 0 Å². The van der Waals surface area contributed by atoms with Gasteiger partial charge in [-0.15, -0.1) is 0 Å². The zero-order valence-electron chi connectivity index (χ0n) is 14.3. The van der Waals surface area contributed by atoms with Crippen LogP contribution in [0.1, 0.15) is 50.5 Å². The summed E-state index contributed by atoms with van der Waals surface area (Å²) in [6.45, 7) is 2.81. The Labute approximate surface area is 143 Å². The molecule has 3 nitrogen and oxygen atoms in total. The van der Waals surface area contributed by atoms with Crippen molar-refractivity contribution in [2.45, 2.75) is 63.6 Å². The van der Waals surface area contributed by atoms with Crippen LogP contribution in [0.5, 0.6) is 0 Å². The minimum absolute atomic E-state index is 0.218. The highest BCUT2D eigenvalue weighted by Crippen LogP contribution is 2.35. The lowest BCUT2D eigenvalue weighted by Crippen LogP contribution is -2.56. The Morgan fingerprint density at radius 2 is 1.96 bits per heavy atom. The fourth-order valence-electron chi connectivity index (χ4n) is 5.02. The van der Waals surface area contributed by atoms with Crippen LogP contribution in [0.25, 0.3) is 0 Å². The van der Waals surface area contributed by atoms with Crippen molar-refractivity contribution < 1.29 is 9.18 Å². The van der Waals surface area contributed by atoms with Crippen LogP contribution in [0.2, 0.25) is 0 Å². The molecule has 1 aliphatic carbocycles. The van der Waals surface area contributed by atoms with Gasteiger partial charge in [-0.3, -0.25) is 9.69 Å². The van der Waals surface area contributed by atoms with Crippen molar-refractivity contribution in [3.05, 3.63) is 35.6 Å². The topological polar surface area (TPSA) is 23.6 Å². The minimum Gasteiger partial charge on any atom is -0.335 e. The maximum absolute atomic E-state index is 13.5. The van der Waals surface area contributed by atoms with Gasteiger partial charge in [-0.25, -0.2) is 4.39 Å². The highest BCUT2D eigenvalue weighted by atomic mass is 19.1. The quantitative estimate of drug-likeness (QED) is 0.846. The Balaban J connectivity index is 1.46. The largest absolute Gasteiger partial charge is 0.335 e. The van der Waals surface area contributed by atoms with Crippen molar-refractivity contribution in [1.82, 2.24) is 9.80 Å². The van der Waals surface area contributed by atoms with E-state index in [1.165, 1.54) is 31.7 Å². The second-order valence-corrected chi connectivity index (χ2v) is 7.74. The molecule has 1 amide bonds. The molecule has 4 heteroatoms. The molecule has 0 unspecified atom stereocenters. The van der Waals surface area contributed by atoms with Gasteiger partial charge in [0.2, 0.25) is 5.91 Å². The van der Waals surface area contributed by atoms with Gasteiger partial charge in [0.1, 0.15) is 5.82 Å². The van der Waals surface area contributed by atoms with Crippen molar-refractivity contribution >= 4 is 5.91 Å². The van der Waals surface area contributed by atoms with E-state index in [9.17, 15) is 9.18 Å². The molecule has 0 bridgehead atoms. The first kappa shape index (κ1) is 16.1. The number of amides is 1. The molecular formula is C20H27FN2O. The number of benzene rings is 1. The molecule has 2 heterocycles. The van der Waals surface area contributed by atoms with Crippen LogP contribution in [0, 0.1) is 11.7 Å². The highest BCUT2D eigenvalue weighted by Gasteiger charge is 2.40. The van der Waals surface area contributed by atoms with E-state index >= 15 is 0 Å². The molecule has 130 valence electrons. The summed E-state index contributed by atoms with van der Waals surface area (Å²) < 4.78 is 13.5. The maximum atomic E-state index is 13.5. The van der Waals surface area contributed by atoms with Gasteiger partial charge in [0.25, 0.3) is 0 Å². The number of rotatable bonds is 3. The van der Waals surface area contributed by atoms with E-state index in [2.05, 4.69) is 4.90 Å². The summed E-state index contributed by atoms with van der Waals surface area (Å²) in [5.74, 6) is 0.616. The lowest BCUT2D eigenvalue weighted by Gasteiger charge is -2.48. The third-order valence-corrected chi connectivity index (χ3v) is 6.26. The summed E-state index contributed by atoms with van der Waals surface area (Å²) in [6.07, 6.45) is 8.19. The van der Waals surface area contributed by atoms with Gasteiger partial charge >= 0.3 is 0 Å². The van der Waals surface area contributed by atoms with E-state index in [1.54, 1.807) is 12.1 Å². The predicted octanol–water partition coefficient (Wildman–Crippen LogP) is 3.58. The SMILES string of the molecule is O=C1CC[C@@H]2CN(C3CCCC3)CC[C@@H]2N1Cc1cccc(F)c1. The molecule has 1 aromatic carbocycles. The van der Waals surface area contributed by atoms with Gasteiger partial charge in [-0.2, -0.15) is 0 Å². The van der Waals surface area contributed by atoms with E-state index < -0.39 is 0 Å². The summed E-state index contributed by atoms with van der Waals surface area (Å²) in [5.41, 5.74) is 0.905. The highest BCUT2D eigenvalue weighted by molar-refractivity contribution is 5.77. The summed E-state index contributed by atoms with van der Waals surface area (Å²) in [4.78, 5) is 17.2. The number of fused-ring (bicyclic) bond motifs is 1. The molecule has 1 aromatic rings. The Morgan fingerprint density at radius 3 is 2.75 bits per heavy atom. The molecule has 3 aliphatic rings. The standard InChI is InChI=1S/C20H27FN2O/c21-17-5-3-4-15(12-17)13-23-19-10-11-22(18-6-1-2-7-18)14-16(19)8-9-20(23)24/h3-5,12,16,18-19H,1-2,6-11,13-14H2/t16-,19+/m1/s1. The fourth-order valence-corrected chi connectivity index (χ4v) is 5.02. The summed E-state index contributed by atoms with van der Waals surface area (Å²) >= 11 is 0. The van der Waals surface area contributed by atoms with Gasteiger partial charge in [-0.05, 0) is 49.3 Å². The zero-order valence-corrected chi connectivity index (χ0v) is 14.3. The molecule has 1 saturated carbocycles. The van der Waals surface area contributed by atoms with Crippen molar-refractivity contribution in [2.24, 2.45) is 5.92 Å². The van der Waals surface area contributed by atoms with Crippen molar-refractivity contribution in [3.8, 4) is 0 Å². The Morgan fingerprint density at radius 1 is 1.12 bits per heavy atom. The molecule has 24 heavy (non-hydrogen) atoms. The van der Waals surface area contributed by atoms with Crippen LogP contribution in [0.3, 0.4) is 0 Å². The molecular weight excluding hydrogens is 303 g/mol. The number of likely N-dealkylation sites (tertiary alicyclic amines) is 2. The molecule has 0 aromatic heterocycles. The van der Waals surface area contributed by atoms with Gasteiger partial charge in [0.05, 0.1) is 0 Å². The van der Waals surface area contributed by atoms with E-state index in [4.69, 9.17) is 0 Å². The fraction of sp³-hybridized carbons (Fsp3) is 0.650. The van der Waals surface area contributed by atoms with Crippen LogP contribution in [-0.4, -0.2) is 40.9 Å². The summed E-state index contributed by atoms with van der Waals surface area (Å²) in [7, 11) is 0. The van der Waals surface area contributed by atoms with Crippen LogP contribution >= 0.6 is 0 Å². The summed E-state index contributed by atoms with van der Waals surface area (Å²) in [5, 5.41) is 0. The molecule has 4 rings (SSSR count). The van der Waals surface area contributed by atoms with Crippen LogP contribution < -0.4 is 0 Å². The van der Waals surface area contributed by atoms with Gasteiger partial charge in [0, 0.05) is 38.1 Å². The number of hydrogen-bond donors (Lipinski definition) is 0. The average molecular weight is 330 g/mol. The normalized spacial score (nSPS) is 29.0. The lowest BCUT2D eigenvalue weighted by atomic mass is 9.82. The number of nitrogens with zero attached hydrogens (tertiary/aromatic N) is 2. The maximum Gasteiger partial charge on any atom is 0.223 e. The molecule has 3 fully saturated rings. The first-order chi connectivity index (χ1) is 11.7. The third-order valence-electron chi connectivity index (χ3n) is 6.26. The van der Waals surface area contributed by atoms with E-state index in [-0.39, 0.29) is 11.7 Å². The van der Waals surface area contributed by atoms with E-state index in [1.807, 2.05) is 11.0 Å². The number of hydrogen-bond acceptors (Lipinski definition) is 2. The number of carbonyl (C=O) groups excluding carboxylic acids is 1. The average Bonchev–Trinajstić information content (AvgIpc) is 3.12. The molecule has 2 aliphatic heterocycles. The first-order valence-corrected chi connectivity index (χ1v) is 9.48.